The van der Waals surface area contributed by atoms with Crippen LogP contribution in [0.3, 0.4) is 0 Å². The molecule has 0 aromatic carbocycles. The molecule has 0 saturated carbocycles. The molecule has 18 heavy (non-hydrogen) atoms. The molecule has 1 aliphatic rings. The van der Waals surface area contributed by atoms with E-state index in [1.54, 1.807) is 0 Å². The van der Waals surface area contributed by atoms with Crippen molar-refractivity contribution in [2.24, 2.45) is 0 Å². The summed E-state index contributed by atoms with van der Waals surface area (Å²) in [6.45, 7) is 7.00. The van der Waals surface area contributed by atoms with E-state index in [1.165, 1.54) is 0 Å². The van der Waals surface area contributed by atoms with Crippen LogP contribution in [-0.4, -0.2) is 43.5 Å². The predicted molar refractivity (Wildman–Crippen MR) is 59.6 cm³/mol. The van der Waals surface area contributed by atoms with E-state index < -0.39 is 0 Å². The summed E-state index contributed by atoms with van der Waals surface area (Å²) in [5, 5.41) is 13.5. The Kier molecular flexibility index (Phi) is 238. The molecule has 1 aliphatic carbocycles. The van der Waals surface area contributed by atoms with Gasteiger partial charge in [0.05, 0.1) is 0 Å². The number of aliphatic hydroxyl groups excluding tert-OH is 2. The van der Waals surface area contributed by atoms with Gasteiger partial charge < -0.3 is 34.2 Å². The largest absolute Gasteiger partial charge is 3.00 e. The summed E-state index contributed by atoms with van der Waals surface area (Å²) in [4.78, 5) is 40.5. The van der Waals surface area contributed by atoms with Gasteiger partial charge >= 0.3 is 17.1 Å². The van der Waals surface area contributed by atoms with Crippen LogP contribution in [0, 0.1) is 6.08 Å². The van der Waals surface area contributed by atoms with Crippen molar-refractivity contribution >= 4 is 33.3 Å². The number of hydrogen-bond acceptors (Lipinski definition) is 5. The monoisotopic (exact) mass is 300 g/mol. The molecule has 0 amide bonds. The van der Waals surface area contributed by atoms with Gasteiger partial charge in [-0.15, -0.1) is 6.42 Å². The Balaban J connectivity index is -0.0000000252. The SMILES string of the molecule is C=O.C=O.C=O.O=[C-]O.O=[C-]O.[C-]1=CC=CC1.[Mn+3]. The molecule has 2 N–H and O–H groups in total. The summed E-state index contributed by atoms with van der Waals surface area (Å²) in [7, 11) is 0. The van der Waals surface area contributed by atoms with Crippen LogP contribution in [0.15, 0.2) is 18.2 Å². The van der Waals surface area contributed by atoms with Crippen LogP contribution >= 0.6 is 0 Å². The van der Waals surface area contributed by atoms with E-state index in [0.717, 1.165) is 6.42 Å². The van der Waals surface area contributed by atoms with Gasteiger partial charge in [0.1, 0.15) is 20.4 Å². The molecular formula is C10H13MnO7. The Morgan fingerprint density at radius 3 is 1.28 bits per heavy atom. The molecule has 0 radical (unpaired) electrons. The smallest absolute Gasteiger partial charge is 0.665 e. The van der Waals surface area contributed by atoms with Crippen molar-refractivity contribution in [1.82, 2.24) is 0 Å². The molecule has 0 aromatic heterocycles. The van der Waals surface area contributed by atoms with Crippen LogP contribution in [0.25, 0.3) is 0 Å². The zero-order valence-corrected chi connectivity index (χ0v) is 10.6. The molecule has 0 aliphatic heterocycles. The van der Waals surface area contributed by atoms with Crippen LogP contribution < -0.4 is 0 Å². The fraction of sp³-hybridized carbons (Fsp3) is 0.100. The first kappa shape index (κ1) is 36.0. The minimum atomic E-state index is 0. The second-order valence-electron chi connectivity index (χ2n) is 1.19. The molecule has 0 fully saturated rings. The quantitative estimate of drug-likeness (QED) is 0.475. The van der Waals surface area contributed by atoms with Crippen LogP contribution in [0.2, 0.25) is 0 Å². The zero-order valence-electron chi connectivity index (χ0n) is 9.37. The zero-order chi connectivity index (χ0) is 14.9. The first-order valence-electron chi connectivity index (χ1n) is 3.44. The molecule has 0 saturated heterocycles. The predicted octanol–water partition coefficient (Wildman–Crippen LogP) is -0.0283. The number of rotatable bonds is 0. The number of allylic oxidation sites excluding steroid dienone is 4. The Labute approximate surface area is 116 Å². The van der Waals surface area contributed by atoms with Crippen molar-refractivity contribution in [3.63, 3.8) is 0 Å². The van der Waals surface area contributed by atoms with Gasteiger partial charge in [-0.3, -0.25) is 6.08 Å². The van der Waals surface area contributed by atoms with E-state index >= 15 is 0 Å². The van der Waals surface area contributed by atoms with Crippen molar-refractivity contribution in [2.45, 2.75) is 6.42 Å². The third-order valence-corrected chi connectivity index (χ3v) is 0.586. The Morgan fingerprint density at radius 1 is 0.944 bits per heavy atom. The van der Waals surface area contributed by atoms with E-state index in [9.17, 15) is 0 Å². The van der Waals surface area contributed by atoms with E-state index in [-0.39, 0.29) is 17.1 Å². The summed E-state index contributed by atoms with van der Waals surface area (Å²) in [5.41, 5.74) is 0. The third kappa shape index (κ3) is 269. The Hall–Kier alpha value is -2.05. The van der Waals surface area contributed by atoms with Crippen molar-refractivity contribution in [3.05, 3.63) is 24.3 Å². The van der Waals surface area contributed by atoms with Gasteiger partial charge in [-0.25, -0.2) is 12.2 Å². The van der Waals surface area contributed by atoms with Crippen LogP contribution in [0.4, 0.5) is 0 Å². The van der Waals surface area contributed by atoms with Gasteiger partial charge in [-0.2, -0.15) is 6.08 Å². The van der Waals surface area contributed by atoms with Gasteiger partial charge in [0.15, 0.2) is 0 Å². The molecule has 0 aromatic rings. The van der Waals surface area contributed by atoms with Crippen LogP contribution in [0.5, 0.6) is 0 Å². The summed E-state index contributed by atoms with van der Waals surface area (Å²) in [5.74, 6) is 0. The molecule has 8 heteroatoms. The van der Waals surface area contributed by atoms with Gasteiger partial charge in [0, 0.05) is 0 Å². The molecule has 102 valence electrons. The third-order valence-electron chi connectivity index (χ3n) is 0.586. The van der Waals surface area contributed by atoms with E-state index in [4.69, 9.17) is 34.2 Å². The van der Waals surface area contributed by atoms with Crippen LogP contribution in [-0.2, 0) is 41.0 Å². The summed E-state index contributed by atoms with van der Waals surface area (Å²) in [6, 6.07) is 0. The van der Waals surface area contributed by atoms with Gasteiger partial charge in [-0.1, -0.05) is 12.9 Å². The summed E-state index contributed by atoms with van der Waals surface area (Å²) in [6.07, 6.45) is 10.0. The van der Waals surface area contributed by atoms with Gasteiger partial charge in [-0.05, 0) is 0 Å². The minimum Gasteiger partial charge on any atom is -0.665 e. The maximum atomic E-state index is 8.24. The summed E-state index contributed by atoms with van der Waals surface area (Å²) >= 11 is 0. The molecular weight excluding hydrogens is 287 g/mol. The topological polar surface area (TPSA) is 126 Å². The normalized spacial score (nSPS) is 6.89. The standard InChI is InChI=1S/C5H5.2CHO2.3CH2O.Mn/c1-2-4-5-3-1;2*2-1-3;3*1-2;/h1-3H,4H2;2*(H,2,3);3*1H2;/q3*-1;;;;+3. The van der Waals surface area contributed by atoms with E-state index in [1.807, 2.05) is 32.5 Å². The molecule has 0 heterocycles. The van der Waals surface area contributed by atoms with Crippen molar-refractivity contribution in [1.29, 1.82) is 0 Å². The molecule has 1 rings (SSSR count). The fourth-order valence-corrected chi connectivity index (χ4v) is 0.340. The molecule has 0 bridgehead atoms. The second-order valence-corrected chi connectivity index (χ2v) is 1.19. The average Bonchev–Trinajstić information content (AvgIpc) is 2.97. The molecule has 7 nitrogen and oxygen atoms in total. The minimum absolute atomic E-state index is 0. The maximum absolute atomic E-state index is 8.24. The number of carbonyl (C=O) groups excluding carboxylic acids is 3. The van der Waals surface area contributed by atoms with Crippen LogP contribution in [0.1, 0.15) is 6.42 Å². The molecule has 0 spiro atoms. The van der Waals surface area contributed by atoms with Crippen molar-refractivity contribution in [2.75, 3.05) is 0 Å². The van der Waals surface area contributed by atoms with Crippen molar-refractivity contribution < 1.29 is 51.3 Å². The van der Waals surface area contributed by atoms with Crippen molar-refractivity contribution in [3.8, 4) is 0 Å². The molecule has 0 unspecified atom stereocenters. The number of hydrogen-bond donors (Lipinski definition) is 2. The molecule has 0 atom stereocenters. The first-order chi connectivity index (χ1) is 8.33. The van der Waals surface area contributed by atoms with E-state index in [0.29, 0.717) is 12.9 Å². The number of carbonyl (C=O) groups is 3. The van der Waals surface area contributed by atoms with Gasteiger partial charge in [0.25, 0.3) is 0 Å². The van der Waals surface area contributed by atoms with E-state index in [2.05, 4.69) is 12.2 Å². The first-order valence-corrected chi connectivity index (χ1v) is 3.44. The Morgan fingerprint density at radius 2 is 1.22 bits per heavy atom. The second kappa shape index (κ2) is 119. The Bertz CT molecular complexity index is 162. The fourth-order valence-electron chi connectivity index (χ4n) is 0.340. The summed E-state index contributed by atoms with van der Waals surface area (Å²) < 4.78 is 0. The maximum Gasteiger partial charge on any atom is 3.00 e. The average molecular weight is 300 g/mol. The van der Waals surface area contributed by atoms with Gasteiger partial charge in [0.2, 0.25) is 0 Å².